The number of carbonyl (C=O) groups is 1. The van der Waals surface area contributed by atoms with Crippen LogP contribution in [0.25, 0.3) is 0 Å². The number of unbranched alkanes of at least 4 members (excludes halogenated alkanes) is 7. The summed E-state index contributed by atoms with van der Waals surface area (Å²) in [6.07, 6.45) is 9.23. The maximum absolute atomic E-state index is 12.3. The summed E-state index contributed by atoms with van der Waals surface area (Å²) in [7, 11) is 0. The highest BCUT2D eigenvalue weighted by Crippen LogP contribution is 2.32. The first-order valence-electron chi connectivity index (χ1n) is 13.0. The Bertz CT molecular complexity index is 1030. The van der Waals surface area contributed by atoms with Gasteiger partial charge in [0, 0.05) is 12.7 Å². The summed E-state index contributed by atoms with van der Waals surface area (Å²) < 4.78 is 12.1. The van der Waals surface area contributed by atoms with Crippen LogP contribution in [0.3, 0.4) is 0 Å². The average molecular weight is 491 g/mol. The van der Waals surface area contributed by atoms with E-state index in [2.05, 4.69) is 0 Å². The Labute approximate surface area is 214 Å². The van der Waals surface area contributed by atoms with Gasteiger partial charge >= 0.3 is 5.97 Å². The molecule has 3 aromatic carbocycles. The predicted octanol–water partition coefficient (Wildman–Crippen LogP) is 7.20. The van der Waals surface area contributed by atoms with Gasteiger partial charge in [0.25, 0.3) is 0 Å². The zero-order valence-electron chi connectivity index (χ0n) is 21.0. The molecule has 0 saturated heterocycles. The lowest BCUT2D eigenvalue weighted by Gasteiger charge is -2.16. The van der Waals surface area contributed by atoms with E-state index in [1.165, 1.54) is 12.8 Å². The maximum Gasteiger partial charge on any atom is 0.339 e. The molecule has 0 aliphatic rings. The van der Waals surface area contributed by atoms with Crippen LogP contribution in [0.5, 0.6) is 11.5 Å². The van der Waals surface area contributed by atoms with Crippen LogP contribution >= 0.6 is 0 Å². The van der Waals surface area contributed by atoms with Crippen molar-refractivity contribution in [2.75, 3.05) is 6.61 Å². The summed E-state index contributed by atoms with van der Waals surface area (Å²) in [4.78, 5) is 12.3. The van der Waals surface area contributed by atoms with Gasteiger partial charge in [0.2, 0.25) is 0 Å². The fourth-order valence-corrected chi connectivity index (χ4v) is 4.25. The first-order valence-corrected chi connectivity index (χ1v) is 13.0. The number of aliphatic hydroxyl groups excluding tert-OH is 1. The fraction of sp³-hybridized carbons (Fsp3) is 0.387. The maximum atomic E-state index is 12.3. The van der Waals surface area contributed by atoms with Crippen LogP contribution in [0.1, 0.15) is 78.4 Å². The van der Waals surface area contributed by atoms with Crippen LogP contribution in [0.2, 0.25) is 0 Å². The lowest BCUT2D eigenvalue weighted by molar-refractivity contribution is 0.0690. The molecular weight excluding hydrogens is 452 g/mol. The van der Waals surface area contributed by atoms with Crippen LogP contribution < -0.4 is 9.47 Å². The molecule has 2 N–H and O–H groups in total. The Hall–Kier alpha value is -3.31. The molecule has 0 atom stereocenters. The van der Waals surface area contributed by atoms with E-state index in [4.69, 9.17) is 14.6 Å². The van der Waals surface area contributed by atoms with Crippen molar-refractivity contribution >= 4 is 5.97 Å². The second-order valence-electron chi connectivity index (χ2n) is 9.11. The minimum Gasteiger partial charge on any atom is -0.489 e. The molecule has 0 bridgehead atoms. The summed E-state index contributed by atoms with van der Waals surface area (Å²) in [5, 5.41) is 18.9. The molecule has 0 amide bonds. The highest BCUT2D eigenvalue weighted by molar-refractivity contribution is 5.93. The number of hydrogen-bond acceptors (Lipinski definition) is 4. The Morgan fingerprint density at radius 2 is 1.19 bits per heavy atom. The molecule has 3 aromatic rings. The van der Waals surface area contributed by atoms with Gasteiger partial charge in [-0.05, 0) is 42.0 Å². The molecule has 0 aromatic heterocycles. The van der Waals surface area contributed by atoms with Crippen LogP contribution in [0.15, 0.2) is 72.8 Å². The minimum atomic E-state index is -0.980. The quantitative estimate of drug-likeness (QED) is 0.196. The molecule has 0 fully saturated rings. The van der Waals surface area contributed by atoms with Crippen LogP contribution in [0.4, 0.5) is 0 Å². The topological polar surface area (TPSA) is 76.0 Å². The second-order valence-corrected chi connectivity index (χ2v) is 9.11. The van der Waals surface area contributed by atoms with Gasteiger partial charge in [-0.2, -0.15) is 0 Å². The Balaban J connectivity index is 1.68. The number of ether oxygens (including phenoxy) is 2. The largest absolute Gasteiger partial charge is 0.489 e. The molecule has 0 heterocycles. The van der Waals surface area contributed by atoms with Gasteiger partial charge in [0.15, 0.2) is 0 Å². The third-order valence-electron chi connectivity index (χ3n) is 6.21. The van der Waals surface area contributed by atoms with E-state index >= 15 is 0 Å². The molecule has 0 aliphatic carbocycles. The lowest BCUT2D eigenvalue weighted by atomic mass is 9.98. The van der Waals surface area contributed by atoms with E-state index in [-0.39, 0.29) is 12.2 Å². The van der Waals surface area contributed by atoms with E-state index in [0.717, 1.165) is 55.2 Å². The highest BCUT2D eigenvalue weighted by atomic mass is 16.5. The summed E-state index contributed by atoms with van der Waals surface area (Å²) >= 11 is 0. The number of aliphatic hydroxyl groups is 1. The first kappa shape index (κ1) is 27.3. The molecule has 192 valence electrons. The van der Waals surface area contributed by atoms with Gasteiger partial charge in [-0.15, -0.1) is 0 Å². The Morgan fingerprint density at radius 3 is 1.75 bits per heavy atom. The zero-order chi connectivity index (χ0) is 25.4. The summed E-state index contributed by atoms with van der Waals surface area (Å²) in [6.45, 7) is 0.969. The highest BCUT2D eigenvalue weighted by Gasteiger charge is 2.19. The first-order chi connectivity index (χ1) is 17.7. The number of benzene rings is 3. The Kier molecular flexibility index (Phi) is 11.8. The molecule has 3 rings (SSSR count). The fourth-order valence-electron chi connectivity index (χ4n) is 4.25. The summed E-state index contributed by atoms with van der Waals surface area (Å²) in [5.41, 5.74) is 3.00. The molecule has 0 saturated carbocycles. The summed E-state index contributed by atoms with van der Waals surface area (Å²) in [5.74, 6) is -0.0202. The van der Waals surface area contributed by atoms with Crippen molar-refractivity contribution in [2.24, 2.45) is 0 Å². The van der Waals surface area contributed by atoms with Gasteiger partial charge in [0.05, 0.1) is 0 Å². The predicted molar refractivity (Wildman–Crippen MR) is 143 cm³/mol. The van der Waals surface area contributed by atoms with Gasteiger partial charge in [-0.25, -0.2) is 4.79 Å². The lowest BCUT2D eigenvalue weighted by Crippen LogP contribution is -2.09. The molecule has 0 radical (unpaired) electrons. The van der Waals surface area contributed by atoms with Crippen LogP contribution in [-0.4, -0.2) is 22.8 Å². The van der Waals surface area contributed by atoms with E-state index in [1.54, 1.807) is 6.07 Å². The summed E-state index contributed by atoms with van der Waals surface area (Å²) in [6, 6.07) is 23.2. The third kappa shape index (κ3) is 9.38. The standard InChI is InChI=1S/C31H38O5/c32-20-14-6-4-2-1-3-5-13-19-27-21-28(35-23-25-15-9-7-10-16-25)22-29(30(27)31(33)34)36-24-26-17-11-8-12-18-26/h7-12,15-18,21-22,32H,1-6,13-14,19-20,23-24H2,(H,33,34). The van der Waals surface area contributed by atoms with Crippen molar-refractivity contribution < 1.29 is 24.5 Å². The smallest absolute Gasteiger partial charge is 0.339 e. The van der Waals surface area contributed by atoms with Gasteiger partial charge in [-0.3, -0.25) is 0 Å². The molecule has 5 heteroatoms. The van der Waals surface area contributed by atoms with Crippen molar-refractivity contribution in [1.82, 2.24) is 0 Å². The van der Waals surface area contributed by atoms with Crippen molar-refractivity contribution in [3.05, 3.63) is 95.1 Å². The number of hydrogen-bond donors (Lipinski definition) is 2. The third-order valence-corrected chi connectivity index (χ3v) is 6.21. The van der Waals surface area contributed by atoms with Gasteiger partial charge < -0.3 is 19.7 Å². The minimum absolute atomic E-state index is 0.224. The molecule has 36 heavy (non-hydrogen) atoms. The van der Waals surface area contributed by atoms with Gasteiger partial charge in [0.1, 0.15) is 30.3 Å². The number of aromatic carboxylic acids is 1. The van der Waals surface area contributed by atoms with Crippen molar-refractivity contribution in [3.63, 3.8) is 0 Å². The zero-order valence-corrected chi connectivity index (χ0v) is 21.0. The molecule has 0 unspecified atom stereocenters. The van der Waals surface area contributed by atoms with Crippen molar-refractivity contribution in [2.45, 2.75) is 71.0 Å². The van der Waals surface area contributed by atoms with Gasteiger partial charge in [-0.1, -0.05) is 99.2 Å². The molecule has 5 nitrogen and oxygen atoms in total. The van der Waals surface area contributed by atoms with E-state index in [1.807, 2.05) is 66.7 Å². The van der Waals surface area contributed by atoms with E-state index in [9.17, 15) is 9.90 Å². The number of carboxylic acid groups (broad SMARTS) is 1. The van der Waals surface area contributed by atoms with Crippen LogP contribution in [0, 0.1) is 0 Å². The SMILES string of the molecule is O=C(O)c1c(CCCCCCCCCCO)cc(OCc2ccccc2)cc1OCc1ccccc1. The van der Waals surface area contributed by atoms with Crippen molar-refractivity contribution in [1.29, 1.82) is 0 Å². The monoisotopic (exact) mass is 490 g/mol. The van der Waals surface area contributed by atoms with Crippen LogP contribution in [-0.2, 0) is 19.6 Å². The molecule has 0 aliphatic heterocycles. The van der Waals surface area contributed by atoms with E-state index in [0.29, 0.717) is 31.1 Å². The number of rotatable bonds is 17. The average Bonchev–Trinajstić information content (AvgIpc) is 2.90. The normalized spacial score (nSPS) is 10.8. The molecule has 0 spiro atoms. The second kappa shape index (κ2) is 15.6. The Morgan fingerprint density at radius 1 is 0.667 bits per heavy atom. The number of carboxylic acids is 1. The van der Waals surface area contributed by atoms with E-state index < -0.39 is 5.97 Å². The van der Waals surface area contributed by atoms with Crippen molar-refractivity contribution in [3.8, 4) is 11.5 Å². The number of aryl methyl sites for hydroxylation is 1. The molecular formula is C31H38O5.